The van der Waals surface area contributed by atoms with Crippen LogP contribution < -0.4 is 5.32 Å². The molecule has 0 unspecified atom stereocenters. The standard InChI is InChI=1S/C20H18FN3O2/c21-18-7-2-1-6-17(18)20(26)24-10-8-15(9-11-24)19(25)23-16-5-3-4-14(12-16)13-22/h1-7,12,15H,8-11H2,(H,23,25). The largest absolute Gasteiger partial charge is 0.339 e. The van der Waals surface area contributed by atoms with Crippen LogP contribution in [0.2, 0.25) is 0 Å². The first-order valence-corrected chi connectivity index (χ1v) is 8.43. The Kier molecular flexibility index (Phi) is 5.28. The third kappa shape index (κ3) is 3.89. The summed E-state index contributed by atoms with van der Waals surface area (Å²) < 4.78 is 13.8. The summed E-state index contributed by atoms with van der Waals surface area (Å²) in [5, 5.41) is 11.7. The number of amides is 2. The second kappa shape index (κ2) is 7.79. The molecule has 0 bridgehead atoms. The summed E-state index contributed by atoms with van der Waals surface area (Å²) in [6.07, 6.45) is 1.04. The molecular weight excluding hydrogens is 333 g/mol. The van der Waals surface area contributed by atoms with Gasteiger partial charge in [-0.05, 0) is 43.2 Å². The number of nitriles is 1. The molecule has 0 spiro atoms. The van der Waals surface area contributed by atoms with E-state index in [1.165, 1.54) is 12.1 Å². The Labute approximate surface area is 151 Å². The van der Waals surface area contributed by atoms with Crippen molar-refractivity contribution in [2.45, 2.75) is 12.8 Å². The SMILES string of the molecule is N#Cc1cccc(NC(=O)C2CCN(C(=O)c3ccccc3F)CC2)c1. The van der Waals surface area contributed by atoms with E-state index in [1.807, 2.05) is 6.07 Å². The molecule has 26 heavy (non-hydrogen) atoms. The zero-order valence-electron chi connectivity index (χ0n) is 14.1. The number of anilines is 1. The number of nitrogens with one attached hydrogen (secondary N) is 1. The maximum atomic E-state index is 13.8. The summed E-state index contributed by atoms with van der Waals surface area (Å²) in [6, 6.07) is 14.7. The normalized spacial score (nSPS) is 14.5. The van der Waals surface area contributed by atoms with Gasteiger partial charge in [0.05, 0.1) is 17.2 Å². The van der Waals surface area contributed by atoms with Gasteiger partial charge < -0.3 is 10.2 Å². The van der Waals surface area contributed by atoms with E-state index < -0.39 is 5.82 Å². The molecule has 1 fully saturated rings. The van der Waals surface area contributed by atoms with E-state index in [1.54, 1.807) is 41.3 Å². The Morgan fingerprint density at radius 2 is 1.85 bits per heavy atom. The fourth-order valence-corrected chi connectivity index (χ4v) is 3.06. The van der Waals surface area contributed by atoms with Gasteiger partial charge in [0.15, 0.2) is 0 Å². The maximum absolute atomic E-state index is 13.8. The van der Waals surface area contributed by atoms with Gasteiger partial charge in [-0.25, -0.2) is 4.39 Å². The predicted octanol–water partition coefficient (Wildman–Crippen LogP) is 3.19. The summed E-state index contributed by atoms with van der Waals surface area (Å²) in [6.45, 7) is 0.812. The molecule has 2 aromatic carbocycles. The number of likely N-dealkylation sites (tertiary alicyclic amines) is 1. The Morgan fingerprint density at radius 3 is 2.54 bits per heavy atom. The van der Waals surface area contributed by atoms with E-state index in [0.717, 1.165) is 0 Å². The zero-order chi connectivity index (χ0) is 18.5. The molecule has 0 aromatic heterocycles. The van der Waals surface area contributed by atoms with Crippen molar-refractivity contribution in [3.63, 3.8) is 0 Å². The van der Waals surface area contributed by atoms with Crippen LogP contribution in [-0.4, -0.2) is 29.8 Å². The zero-order valence-corrected chi connectivity index (χ0v) is 14.1. The topological polar surface area (TPSA) is 73.2 Å². The van der Waals surface area contributed by atoms with Crippen LogP contribution in [0.15, 0.2) is 48.5 Å². The third-order valence-electron chi connectivity index (χ3n) is 4.52. The lowest BCUT2D eigenvalue weighted by Crippen LogP contribution is -2.41. The highest BCUT2D eigenvalue weighted by Gasteiger charge is 2.28. The minimum atomic E-state index is -0.533. The number of benzene rings is 2. The highest BCUT2D eigenvalue weighted by Crippen LogP contribution is 2.22. The molecule has 3 rings (SSSR count). The van der Waals surface area contributed by atoms with Crippen molar-refractivity contribution in [3.05, 3.63) is 65.5 Å². The van der Waals surface area contributed by atoms with Crippen LogP contribution >= 0.6 is 0 Å². The molecule has 0 atom stereocenters. The summed E-state index contributed by atoms with van der Waals surface area (Å²) >= 11 is 0. The van der Waals surface area contributed by atoms with Crippen LogP contribution in [0.4, 0.5) is 10.1 Å². The summed E-state index contributed by atoms with van der Waals surface area (Å²) in [4.78, 5) is 26.4. The van der Waals surface area contributed by atoms with Gasteiger partial charge in [0, 0.05) is 24.7 Å². The second-order valence-electron chi connectivity index (χ2n) is 6.23. The van der Waals surface area contributed by atoms with Gasteiger partial charge in [0.2, 0.25) is 5.91 Å². The number of hydrogen-bond donors (Lipinski definition) is 1. The van der Waals surface area contributed by atoms with E-state index in [-0.39, 0.29) is 23.3 Å². The van der Waals surface area contributed by atoms with Gasteiger partial charge in [-0.3, -0.25) is 9.59 Å². The second-order valence-corrected chi connectivity index (χ2v) is 6.23. The van der Waals surface area contributed by atoms with Gasteiger partial charge in [-0.15, -0.1) is 0 Å². The molecule has 6 heteroatoms. The van der Waals surface area contributed by atoms with Crippen LogP contribution in [-0.2, 0) is 4.79 Å². The van der Waals surface area contributed by atoms with Gasteiger partial charge >= 0.3 is 0 Å². The fraction of sp³-hybridized carbons (Fsp3) is 0.250. The molecule has 0 radical (unpaired) electrons. The monoisotopic (exact) mass is 351 g/mol. The first-order chi connectivity index (χ1) is 12.6. The van der Waals surface area contributed by atoms with Crippen molar-refractivity contribution in [2.75, 3.05) is 18.4 Å². The molecule has 1 aliphatic rings. The number of carbonyl (C=O) groups is 2. The van der Waals surface area contributed by atoms with Crippen LogP contribution in [0.1, 0.15) is 28.8 Å². The van der Waals surface area contributed by atoms with E-state index >= 15 is 0 Å². The average molecular weight is 351 g/mol. The molecule has 132 valence electrons. The molecule has 2 amide bonds. The van der Waals surface area contributed by atoms with Crippen molar-refractivity contribution in [3.8, 4) is 6.07 Å². The Bertz CT molecular complexity index is 867. The molecule has 0 saturated carbocycles. The first kappa shape index (κ1) is 17.6. The first-order valence-electron chi connectivity index (χ1n) is 8.43. The van der Waals surface area contributed by atoms with Crippen molar-refractivity contribution in [2.24, 2.45) is 5.92 Å². The molecule has 1 N–H and O–H groups in total. The number of halogens is 1. The van der Waals surface area contributed by atoms with Crippen LogP contribution in [0.25, 0.3) is 0 Å². The molecule has 5 nitrogen and oxygen atoms in total. The third-order valence-corrected chi connectivity index (χ3v) is 4.52. The summed E-state index contributed by atoms with van der Waals surface area (Å²) in [5.41, 5.74) is 1.12. The Balaban J connectivity index is 1.58. The lowest BCUT2D eigenvalue weighted by molar-refractivity contribution is -0.121. The minimum Gasteiger partial charge on any atom is -0.339 e. The van der Waals surface area contributed by atoms with E-state index in [4.69, 9.17) is 5.26 Å². The average Bonchev–Trinajstić information content (AvgIpc) is 2.68. The fourth-order valence-electron chi connectivity index (χ4n) is 3.06. The lowest BCUT2D eigenvalue weighted by Gasteiger charge is -2.31. The Morgan fingerprint density at radius 1 is 1.12 bits per heavy atom. The van der Waals surface area contributed by atoms with Crippen molar-refractivity contribution in [1.29, 1.82) is 5.26 Å². The predicted molar refractivity (Wildman–Crippen MR) is 94.8 cm³/mol. The van der Waals surface area contributed by atoms with Gasteiger partial charge in [0.1, 0.15) is 5.82 Å². The smallest absolute Gasteiger partial charge is 0.256 e. The lowest BCUT2D eigenvalue weighted by atomic mass is 9.95. The van der Waals surface area contributed by atoms with Gasteiger partial charge in [0.25, 0.3) is 5.91 Å². The maximum Gasteiger partial charge on any atom is 0.256 e. The number of carbonyl (C=O) groups excluding carboxylic acids is 2. The van der Waals surface area contributed by atoms with Crippen LogP contribution in [0, 0.1) is 23.1 Å². The molecule has 1 heterocycles. The Hall–Kier alpha value is -3.20. The minimum absolute atomic E-state index is 0.0590. The highest BCUT2D eigenvalue weighted by molar-refractivity contribution is 5.95. The summed E-state index contributed by atoms with van der Waals surface area (Å²) in [5.74, 6) is -1.22. The highest BCUT2D eigenvalue weighted by atomic mass is 19.1. The number of piperidine rings is 1. The van der Waals surface area contributed by atoms with E-state index in [2.05, 4.69) is 5.32 Å². The van der Waals surface area contributed by atoms with Gasteiger partial charge in [-0.2, -0.15) is 5.26 Å². The van der Waals surface area contributed by atoms with E-state index in [0.29, 0.717) is 37.2 Å². The van der Waals surface area contributed by atoms with Gasteiger partial charge in [-0.1, -0.05) is 18.2 Å². The molecule has 0 aliphatic carbocycles. The van der Waals surface area contributed by atoms with Crippen molar-refractivity contribution in [1.82, 2.24) is 4.90 Å². The van der Waals surface area contributed by atoms with E-state index in [9.17, 15) is 14.0 Å². The molecular formula is C20H18FN3O2. The van der Waals surface area contributed by atoms with Crippen LogP contribution in [0.3, 0.4) is 0 Å². The molecule has 2 aromatic rings. The van der Waals surface area contributed by atoms with Crippen molar-refractivity contribution < 1.29 is 14.0 Å². The van der Waals surface area contributed by atoms with Crippen molar-refractivity contribution >= 4 is 17.5 Å². The number of nitrogens with zero attached hydrogens (tertiary/aromatic N) is 2. The summed E-state index contributed by atoms with van der Waals surface area (Å²) in [7, 11) is 0. The van der Waals surface area contributed by atoms with Crippen LogP contribution in [0.5, 0.6) is 0 Å². The quantitative estimate of drug-likeness (QED) is 0.923. The number of hydrogen-bond acceptors (Lipinski definition) is 3. The molecule has 1 saturated heterocycles. The molecule has 1 aliphatic heterocycles. The number of rotatable bonds is 3.